The monoisotopic (exact) mass is 283 g/mol. The average Bonchev–Trinajstić information content (AvgIpc) is 2.49. The Balaban J connectivity index is 1.99. The first-order chi connectivity index (χ1) is 10.1. The summed E-state index contributed by atoms with van der Waals surface area (Å²) < 4.78 is 0. The molecule has 0 saturated heterocycles. The Morgan fingerprint density at radius 3 is 2.71 bits per heavy atom. The summed E-state index contributed by atoms with van der Waals surface area (Å²) in [6.07, 6.45) is 2.26. The first kappa shape index (κ1) is 14.0. The first-order valence-corrected chi connectivity index (χ1v) is 7.48. The summed E-state index contributed by atoms with van der Waals surface area (Å²) in [4.78, 5) is 21.6. The Morgan fingerprint density at radius 1 is 1.29 bits per heavy atom. The van der Waals surface area contributed by atoms with E-state index < -0.39 is 0 Å². The van der Waals surface area contributed by atoms with Crippen molar-refractivity contribution in [3.8, 4) is 0 Å². The number of aromatic amines is 1. The number of nitrogens with zero attached hydrogens (tertiary/aromatic N) is 2. The van der Waals surface area contributed by atoms with Gasteiger partial charge >= 0.3 is 0 Å². The minimum absolute atomic E-state index is 0.00529. The van der Waals surface area contributed by atoms with Crippen molar-refractivity contribution in [2.75, 3.05) is 0 Å². The molecule has 3 rings (SSSR count). The van der Waals surface area contributed by atoms with E-state index in [1.807, 2.05) is 6.07 Å². The lowest BCUT2D eigenvalue weighted by atomic mass is 9.91. The SMILES string of the molecule is CC1Cc2c(nc[nH]c2=O)C(C)N1C(C)c1ccccc1. The highest BCUT2D eigenvalue weighted by Crippen LogP contribution is 2.36. The molecule has 0 fully saturated rings. The minimum Gasteiger partial charge on any atom is -0.313 e. The van der Waals surface area contributed by atoms with E-state index in [-0.39, 0.29) is 11.6 Å². The zero-order chi connectivity index (χ0) is 15.0. The largest absolute Gasteiger partial charge is 0.313 e. The predicted molar refractivity (Wildman–Crippen MR) is 83.1 cm³/mol. The Bertz CT molecular complexity index is 680. The molecule has 4 heteroatoms. The molecule has 0 aliphatic carbocycles. The third-order valence-electron chi connectivity index (χ3n) is 4.56. The second-order valence-electron chi connectivity index (χ2n) is 5.86. The number of aromatic nitrogens is 2. The predicted octanol–water partition coefficient (Wildman–Crippen LogP) is 2.84. The van der Waals surface area contributed by atoms with Gasteiger partial charge in [0.05, 0.1) is 18.1 Å². The third-order valence-corrected chi connectivity index (χ3v) is 4.56. The van der Waals surface area contributed by atoms with E-state index in [2.05, 4.69) is 59.9 Å². The van der Waals surface area contributed by atoms with E-state index in [4.69, 9.17) is 0 Å². The van der Waals surface area contributed by atoms with E-state index in [0.29, 0.717) is 12.1 Å². The van der Waals surface area contributed by atoms with Crippen LogP contribution >= 0.6 is 0 Å². The van der Waals surface area contributed by atoms with Crippen molar-refractivity contribution < 1.29 is 0 Å². The molecule has 1 aliphatic heterocycles. The molecule has 1 aromatic carbocycles. The summed E-state index contributed by atoms with van der Waals surface area (Å²) in [7, 11) is 0. The number of H-pyrrole nitrogens is 1. The molecule has 1 aliphatic rings. The quantitative estimate of drug-likeness (QED) is 0.922. The smallest absolute Gasteiger partial charge is 0.254 e. The van der Waals surface area contributed by atoms with Gasteiger partial charge in [0.15, 0.2) is 0 Å². The van der Waals surface area contributed by atoms with Crippen molar-refractivity contribution >= 4 is 0 Å². The maximum absolute atomic E-state index is 12.0. The number of nitrogens with one attached hydrogen (secondary N) is 1. The van der Waals surface area contributed by atoms with Crippen LogP contribution in [0, 0.1) is 0 Å². The van der Waals surface area contributed by atoms with Crippen molar-refractivity contribution in [3.05, 3.63) is 63.8 Å². The molecule has 2 aromatic rings. The molecule has 110 valence electrons. The summed E-state index contributed by atoms with van der Waals surface area (Å²) >= 11 is 0. The van der Waals surface area contributed by atoms with Crippen LogP contribution in [0.25, 0.3) is 0 Å². The zero-order valence-electron chi connectivity index (χ0n) is 12.7. The van der Waals surface area contributed by atoms with Crippen molar-refractivity contribution in [1.29, 1.82) is 0 Å². The van der Waals surface area contributed by atoms with Gasteiger partial charge in [-0.15, -0.1) is 0 Å². The molecule has 1 N–H and O–H groups in total. The molecule has 21 heavy (non-hydrogen) atoms. The molecule has 1 aromatic heterocycles. The van der Waals surface area contributed by atoms with Gasteiger partial charge in [0.1, 0.15) is 0 Å². The van der Waals surface area contributed by atoms with Gasteiger partial charge in [-0.3, -0.25) is 9.69 Å². The van der Waals surface area contributed by atoms with Gasteiger partial charge in [-0.1, -0.05) is 30.3 Å². The summed E-state index contributed by atoms with van der Waals surface area (Å²) in [5.74, 6) is 0. The van der Waals surface area contributed by atoms with Crippen LogP contribution in [0.3, 0.4) is 0 Å². The summed E-state index contributed by atoms with van der Waals surface area (Å²) in [5, 5.41) is 0. The number of hydrogen-bond acceptors (Lipinski definition) is 3. The van der Waals surface area contributed by atoms with E-state index in [1.165, 1.54) is 11.9 Å². The second kappa shape index (κ2) is 5.45. The first-order valence-electron chi connectivity index (χ1n) is 7.48. The average molecular weight is 283 g/mol. The van der Waals surface area contributed by atoms with Gasteiger partial charge in [0.2, 0.25) is 0 Å². The number of hydrogen-bond donors (Lipinski definition) is 1. The minimum atomic E-state index is 0.00529. The fourth-order valence-corrected chi connectivity index (χ4v) is 3.54. The van der Waals surface area contributed by atoms with E-state index in [1.54, 1.807) is 0 Å². The van der Waals surface area contributed by atoms with Crippen LogP contribution in [0.1, 0.15) is 49.7 Å². The fraction of sp³-hybridized carbons (Fsp3) is 0.412. The van der Waals surface area contributed by atoms with Gasteiger partial charge in [-0.2, -0.15) is 0 Å². The third kappa shape index (κ3) is 2.40. The van der Waals surface area contributed by atoms with Crippen LogP contribution in [-0.2, 0) is 6.42 Å². The molecule has 2 heterocycles. The molecule has 0 spiro atoms. The molecule has 3 unspecified atom stereocenters. The van der Waals surface area contributed by atoms with E-state index in [0.717, 1.165) is 17.7 Å². The van der Waals surface area contributed by atoms with E-state index >= 15 is 0 Å². The Labute approximate surface area is 124 Å². The summed E-state index contributed by atoms with van der Waals surface area (Å²) in [6.45, 7) is 6.55. The Morgan fingerprint density at radius 2 is 2.00 bits per heavy atom. The maximum atomic E-state index is 12.0. The lowest BCUT2D eigenvalue weighted by molar-refractivity contribution is 0.0868. The highest BCUT2D eigenvalue weighted by atomic mass is 16.1. The van der Waals surface area contributed by atoms with Crippen LogP contribution in [0.2, 0.25) is 0 Å². The van der Waals surface area contributed by atoms with Gasteiger partial charge in [0.25, 0.3) is 5.56 Å². The molecule has 0 bridgehead atoms. The Hall–Kier alpha value is -1.94. The molecular formula is C17H21N3O. The maximum Gasteiger partial charge on any atom is 0.254 e. The topological polar surface area (TPSA) is 49.0 Å². The second-order valence-corrected chi connectivity index (χ2v) is 5.86. The van der Waals surface area contributed by atoms with Crippen molar-refractivity contribution in [2.45, 2.75) is 45.3 Å². The van der Waals surface area contributed by atoms with Crippen LogP contribution < -0.4 is 5.56 Å². The summed E-state index contributed by atoms with van der Waals surface area (Å²) in [5.41, 5.74) is 3.06. The van der Waals surface area contributed by atoms with Gasteiger partial charge in [-0.05, 0) is 32.8 Å². The molecule has 3 atom stereocenters. The van der Waals surface area contributed by atoms with Crippen molar-refractivity contribution in [2.24, 2.45) is 0 Å². The van der Waals surface area contributed by atoms with Crippen LogP contribution in [0.5, 0.6) is 0 Å². The fourth-order valence-electron chi connectivity index (χ4n) is 3.54. The van der Waals surface area contributed by atoms with Crippen LogP contribution in [0.15, 0.2) is 41.5 Å². The van der Waals surface area contributed by atoms with Gasteiger partial charge in [0, 0.05) is 17.6 Å². The Kier molecular flexibility index (Phi) is 3.64. The lowest BCUT2D eigenvalue weighted by Crippen LogP contribution is -2.45. The highest BCUT2D eigenvalue weighted by molar-refractivity contribution is 5.26. The number of rotatable bonds is 2. The molecule has 0 saturated carbocycles. The zero-order valence-corrected chi connectivity index (χ0v) is 12.7. The van der Waals surface area contributed by atoms with Crippen molar-refractivity contribution in [1.82, 2.24) is 14.9 Å². The highest BCUT2D eigenvalue weighted by Gasteiger charge is 2.35. The lowest BCUT2D eigenvalue weighted by Gasteiger charge is -2.43. The molecule has 0 radical (unpaired) electrons. The number of fused-ring (bicyclic) bond motifs is 1. The van der Waals surface area contributed by atoms with E-state index in [9.17, 15) is 4.79 Å². The standard InChI is InChI=1S/C17H21N3O/c1-11-9-15-16(18-10-19-17(15)21)13(3)20(11)12(2)14-7-5-4-6-8-14/h4-8,10-13H,9H2,1-3H3,(H,18,19,21). The van der Waals surface area contributed by atoms with Crippen LogP contribution in [-0.4, -0.2) is 20.9 Å². The van der Waals surface area contributed by atoms with Crippen molar-refractivity contribution in [3.63, 3.8) is 0 Å². The normalized spacial score (nSPS) is 23.6. The number of benzene rings is 1. The molecular weight excluding hydrogens is 262 g/mol. The van der Waals surface area contributed by atoms with Gasteiger partial charge in [-0.25, -0.2) is 4.98 Å². The molecule has 0 amide bonds. The molecule has 4 nitrogen and oxygen atoms in total. The summed E-state index contributed by atoms with van der Waals surface area (Å²) in [6, 6.07) is 11.2. The van der Waals surface area contributed by atoms with Crippen LogP contribution in [0.4, 0.5) is 0 Å². The van der Waals surface area contributed by atoms with Gasteiger partial charge < -0.3 is 4.98 Å².